The summed E-state index contributed by atoms with van der Waals surface area (Å²) in [5, 5.41) is 0. The van der Waals surface area contributed by atoms with Crippen LogP contribution in [-0.2, 0) is 0 Å². The van der Waals surface area contributed by atoms with E-state index in [0.717, 1.165) is 31.6 Å². The minimum absolute atomic E-state index is 0.0797. The first-order valence-electron chi connectivity index (χ1n) is 7.35. The minimum atomic E-state index is -0.206. The molecule has 2 amide bonds. The number of nitrogens with zero attached hydrogens (tertiary/aromatic N) is 2. The average Bonchev–Trinajstić information content (AvgIpc) is 3.13. The van der Waals surface area contributed by atoms with Gasteiger partial charge in [0.2, 0.25) is 0 Å². The quantitative estimate of drug-likeness (QED) is 0.836. The van der Waals surface area contributed by atoms with Crippen molar-refractivity contribution in [2.75, 3.05) is 0 Å². The number of rotatable bonds is 3. The molecule has 3 aliphatic rings. The fraction of sp³-hybridized carbons (Fsp3) is 0.857. The van der Waals surface area contributed by atoms with Crippen molar-refractivity contribution in [3.8, 4) is 0 Å². The highest BCUT2D eigenvalue weighted by atomic mass is 16.2. The molecule has 100 valence electrons. The van der Waals surface area contributed by atoms with E-state index < -0.39 is 0 Å². The summed E-state index contributed by atoms with van der Waals surface area (Å²) < 4.78 is 0. The third-order valence-electron chi connectivity index (χ3n) is 4.90. The molecule has 0 aromatic carbocycles. The molecule has 4 nitrogen and oxygen atoms in total. The molecule has 2 fully saturated rings. The van der Waals surface area contributed by atoms with Crippen molar-refractivity contribution < 1.29 is 4.79 Å². The number of hydrogen-bond acceptors (Lipinski definition) is 2. The predicted molar refractivity (Wildman–Crippen MR) is 71.5 cm³/mol. The number of carbonyl (C=O) groups is 1. The lowest BCUT2D eigenvalue weighted by Gasteiger charge is -2.43. The molecule has 0 unspecified atom stereocenters. The lowest BCUT2D eigenvalue weighted by Crippen LogP contribution is -2.56. The largest absolute Gasteiger partial charge is 0.385 e. The highest BCUT2D eigenvalue weighted by Crippen LogP contribution is 2.46. The summed E-state index contributed by atoms with van der Waals surface area (Å²) in [5.74, 6) is 1.42. The Morgan fingerprint density at radius 3 is 2.56 bits per heavy atom. The van der Waals surface area contributed by atoms with Gasteiger partial charge in [0.15, 0.2) is 0 Å². The van der Waals surface area contributed by atoms with Gasteiger partial charge in [-0.05, 0) is 44.4 Å². The van der Waals surface area contributed by atoms with Crippen LogP contribution in [0.4, 0.5) is 4.79 Å². The molecule has 2 N–H and O–H groups in total. The van der Waals surface area contributed by atoms with E-state index in [1.807, 2.05) is 4.90 Å². The summed E-state index contributed by atoms with van der Waals surface area (Å²) in [4.78, 5) is 18.1. The topological polar surface area (TPSA) is 58.7 Å². The average molecular weight is 249 g/mol. The monoisotopic (exact) mass is 249 g/mol. The van der Waals surface area contributed by atoms with E-state index in [9.17, 15) is 4.79 Å². The number of nitrogens with two attached hydrogens (primary N) is 1. The summed E-state index contributed by atoms with van der Waals surface area (Å²) in [6, 6.07) is 0.342. The maximum Gasteiger partial charge on any atom is 0.346 e. The zero-order valence-electron chi connectivity index (χ0n) is 11.2. The van der Waals surface area contributed by atoms with Crippen molar-refractivity contribution in [3.63, 3.8) is 0 Å². The van der Waals surface area contributed by atoms with Crippen molar-refractivity contribution in [1.29, 1.82) is 0 Å². The molecule has 4 heteroatoms. The van der Waals surface area contributed by atoms with Crippen LogP contribution in [-0.4, -0.2) is 28.3 Å². The lowest BCUT2D eigenvalue weighted by atomic mass is 9.74. The molecule has 1 heterocycles. The summed E-state index contributed by atoms with van der Waals surface area (Å²) in [5.41, 5.74) is 5.89. The molecule has 2 saturated carbocycles. The molecule has 3 rings (SSSR count). The fourth-order valence-electron chi connectivity index (χ4n) is 3.75. The first-order chi connectivity index (χ1) is 8.67. The third-order valence-corrected chi connectivity index (χ3v) is 4.90. The van der Waals surface area contributed by atoms with Gasteiger partial charge in [0.05, 0.1) is 0 Å². The Morgan fingerprint density at radius 1 is 1.33 bits per heavy atom. The van der Waals surface area contributed by atoms with Gasteiger partial charge in [-0.15, -0.1) is 0 Å². The van der Waals surface area contributed by atoms with Gasteiger partial charge in [0.1, 0.15) is 11.4 Å². The zero-order chi connectivity index (χ0) is 12.8. The first-order valence-corrected chi connectivity index (χ1v) is 7.35. The second-order valence-corrected chi connectivity index (χ2v) is 6.14. The van der Waals surface area contributed by atoms with Gasteiger partial charge in [-0.1, -0.05) is 19.8 Å². The van der Waals surface area contributed by atoms with E-state index in [2.05, 4.69) is 11.9 Å². The fourth-order valence-corrected chi connectivity index (χ4v) is 3.75. The number of carbonyl (C=O) groups excluding carboxylic acids is 1. The van der Waals surface area contributed by atoms with Crippen LogP contribution >= 0.6 is 0 Å². The standard InChI is InChI=1S/C14H23N3O/c1-2-3-10-6-8-14(9-7-10)12(15)16-13(18)17(14)11-4-5-11/h10-11H,2-9H2,1H3,(H2,15,16,18). The van der Waals surface area contributed by atoms with Crippen molar-refractivity contribution in [2.24, 2.45) is 16.6 Å². The van der Waals surface area contributed by atoms with Gasteiger partial charge in [0, 0.05) is 6.04 Å². The molecule has 0 aromatic rings. The molecular formula is C14H23N3O. The van der Waals surface area contributed by atoms with Crippen molar-refractivity contribution in [1.82, 2.24) is 4.90 Å². The summed E-state index contributed by atoms with van der Waals surface area (Å²) >= 11 is 0. The van der Waals surface area contributed by atoms with E-state index in [-0.39, 0.29) is 11.6 Å². The second-order valence-electron chi connectivity index (χ2n) is 6.14. The molecule has 0 aromatic heterocycles. The second kappa shape index (κ2) is 4.25. The zero-order valence-corrected chi connectivity index (χ0v) is 11.2. The van der Waals surface area contributed by atoms with Gasteiger partial charge >= 0.3 is 6.03 Å². The number of amides is 2. The minimum Gasteiger partial charge on any atom is -0.385 e. The Bertz CT molecular complexity index is 379. The van der Waals surface area contributed by atoms with E-state index >= 15 is 0 Å². The maximum atomic E-state index is 12.0. The molecule has 0 saturated heterocycles. The summed E-state index contributed by atoms with van der Waals surface area (Å²) in [6.45, 7) is 2.25. The molecule has 1 aliphatic heterocycles. The van der Waals surface area contributed by atoms with Crippen LogP contribution in [0, 0.1) is 5.92 Å². The molecule has 0 bridgehead atoms. The Hall–Kier alpha value is -1.06. The van der Waals surface area contributed by atoms with Gasteiger partial charge in [-0.3, -0.25) is 0 Å². The van der Waals surface area contributed by atoms with E-state index in [1.165, 1.54) is 25.7 Å². The van der Waals surface area contributed by atoms with Crippen molar-refractivity contribution >= 4 is 11.9 Å². The van der Waals surface area contributed by atoms with Gasteiger partial charge < -0.3 is 10.6 Å². The Labute approximate surface area is 109 Å². The van der Waals surface area contributed by atoms with Crippen LogP contribution in [0.3, 0.4) is 0 Å². The van der Waals surface area contributed by atoms with Crippen LogP contribution in [0.2, 0.25) is 0 Å². The highest BCUT2D eigenvalue weighted by Gasteiger charge is 2.54. The smallest absolute Gasteiger partial charge is 0.346 e. The number of urea groups is 1. The van der Waals surface area contributed by atoms with Crippen molar-refractivity contribution in [2.45, 2.75) is 69.9 Å². The number of hydrogen-bond donors (Lipinski definition) is 1. The Balaban J connectivity index is 1.77. The first kappa shape index (κ1) is 12.0. The van der Waals surface area contributed by atoms with E-state index in [0.29, 0.717) is 11.9 Å². The van der Waals surface area contributed by atoms with E-state index in [4.69, 9.17) is 5.73 Å². The number of amidine groups is 1. The van der Waals surface area contributed by atoms with Gasteiger partial charge in [0.25, 0.3) is 0 Å². The summed E-state index contributed by atoms with van der Waals surface area (Å²) in [6.07, 6.45) is 9.27. The number of aliphatic imine (C=N–C) groups is 1. The van der Waals surface area contributed by atoms with Crippen LogP contribution in [0.5, 0.6) is 0 Å². The maximum absolute atomic E-state index is 12.0. The van der Waals surface area contributed by atoms with Gasteiger partial charge in [-0.25, -0.2) is 4.79 Å². The third kappa shape index (κ3) is 1.73. The Kier molecular flexibility index (Phi) is 2.83. The molecule has 0 radical (unpaired) electrons. The van der Waals surface area contributed by atoms with Crippen LogP contribution in [0.1, 0.15) is 58.3 Å². The predicted octanol–water partition coefficient (Wildman–Crippen LogP) is 2.67. The summed E-state index contributed by atoms with van der Waals surface area (Å²) in [7, 11) is 0. The molecular weight excluding hydrogens is 226 g/mol. The van der Waals surface area contributed by atoms with Gasteiger partial charge in [-0.2, -0.15) is 4.99 Å². The highest BCUT2D eigenvalue weighted by molar-refractivity contribution is 6.06. The molecule has 2 aliphatic carbocycles. The molecule has 0 atom stereocenters. The van der Waals surface area contributed by atoms with Crippen molar-refractivity contribution in [3.05, 3.63) is 0 Å². The normalized spacial score (nSPS) is 36.3. The van der Waals surface area contributed by atoms with Crippen LogP contribution in [0.15, 0.2) is 4.99 Å². The lowest BCUT2D eigenvalue weighted by molar-refractivity contribution is 0.118. The van der Waals surface area contributed by atoms with Crippen LogP contribution < -0.4 is 5.73 Å². The van der Waals surface area contributed by atoms with Crippen LogP contribution in [0.25, 0.3) is 0 Å². The SMILES string of the molecule is CCCC1CCC2(CC1)C(N)=NC(=O)N2C1CC1. The molecule has 18 heavy (non-hydrogen) atoms. The molecule has 1 spiro atoms. The Morgan fingerprint density at radius 2 is 2.00 bits per heavy atom. The van der Waals surface area contributed by atoms with E-state index in [1.54, 1.807) is 0 Å².